The zero-order chi connectivity index (χ0) is 27.2. The highest BCUT2D eigenvalue weighted by molar-refractivity contribution is 5.82. The molecule has 5 rings (SSSR count). The summed E-state index contributed by atoms with van der Waals surface area (Å²) in [6, 6.07) is 13.3. The van der Waals surface area contributed by atoms with Gasteiger partial charge in [0.25, 0.3) is 0 Å². The summed E-state index contributed by atoms with van der Waals surface area (Å²) in [5.41, 5.74) is 2.08. The minimum absolute atomic E-state index is 0.0880. The molecule has 0 spiro atoms. The Bertz CT molecular complexity index is 1480. The summed E-state index contributed by atoms with van der Waals surface area (Å²) in [6.45, 7) is 2.17. The van der Waals surface area contributed by atoms with E-state index in [2.05, 4.69) is 30.6 Å². The third kappa shape index (κ3) is 5.90. The molecular weight excluding hydrogens is 503 g/mol. The molecule has 1 saturated heterocycles. The third-order valence-electron chi connectivity index (χ3n) is 6.07. The number of nitrogens with zero attached hydrogens (tertiary/aromatic N) is 5. The maximum absolute atomic E-state index is 13.7. The van der Waals surface area contributed by atoms with Crippen LogP contribution in [0.1, 0.15) is 25.5 Å². The van der Waals surface area contributed by atoms with E-state index in [-0.39, 0.29) is 37.9 Å². The van der Waals surface area contributed by atoms with Gasteiger partial charge in [0, 0.05) is 24.5 Å². The Morgan fingerprint density at radius 3 is 2.69 bits per heavy atom. The molecule has 0 unspecified atom stereocenters. The second kappa shape index (κ2) is 11.3. The number of rotatable bonds is 8. The molecular formula is C27H25FN8O3. The summed E-state index contributed by atoms with van der Waals surface area (Å²) in [5, 5.41) is 14.6. The quantitative estimate of drug-likeness (QED) is 0.289. The van der Waals surface area contributed by atoms with Crippen LogP contribution in [-0.4, -0.2) is 50.6 Å². The van der Waals surface area contributed by atoms with Crippen LogP contribution in [0, 0.1) is 22.6 Å². The lowest BCUT2D eigenvalue weighted by Crippen LogP contribution is -2.48. The van der Waals surface area contributed by atoms with Crippen molar-refractivity contribution in [2.75, 3.05) is 25.1 Å². The van der Waals surface area contributed by atoms with Gasteiger partial charge >= 0.3 is 0 Å². The van der Waals surface area contributed by atoms with Crippen LogP contribution in [0.5, 0.6) is 0 Å². The van der Waals surface area contributed by atoms with Gasteiger partial charge in [0.1, 0.15) is 5.82 Å². The van der Waals surface area contributed by atoms with Crippen LogP contribution >= 0.6 is 0 Å². The van der Waals surface area contributed by atoms with E-state index in [9.17, 15) is 9.18 Å². The number of benzene rings is 1. The number of pyridine rings is 1. The predicted molar refractivity (Wildman–Crippen MR) is 139 cm³/mol. The average molecular weight is 529 g/mol. The first kappa shape index (κ1) is 25.9. The summed E-state index contributed by atoms with van der Waals surface area (Å²) in [5.74, 6) is 0.104. The summed E-state index contributed by atoms with van der Waals surface area (Å²) in [4.78, 5) is 33.6. The van der Waals surface area contributed by atoms with Gasteiger partial charge < -0.3 is 25.1 Å². The molecule has 0 atom stereocenters. The summed E-state index contributed by atoms with van der Waals surface area (Å²) in [6.07, 6.45) is 4.29. The van der Waals surface area contributed by atoms with Gasteiger partial charge in [-0.05, 0) is 49.4 Å². The minimum Gasteiger partial charge on any atom is -0.354 e. The fraction of sp³-hybridized carbons (Fsp3) is 0.259. The van der Waals surface area contributed by atoms with E-state index in [1.54, 1.807) is 49.8 Å². The van der Waals surface area contributed by atoms with Crippen molar-refractivity contribution in [3.63, 3.8) is 0 Å². The Morgan fingerprint density at radius 2 is 1.97 bits per heavy atom. The molecule has 0 saturated carbocycles. The molecule has 39 heavy (non-hydrogen) atoms. The van der Waals surface area contributed by atoms with Crippen LogP contribution in [-0.2, 0) is 14.3 Å². The van der Waals surface area contributed by atoms with E-state index in [0.29, 0.717) is 34.4 Å². The first-order valence-electron chi connectivity index (χ1n) is 12.2. The van der Waals surface area contributed by atoms with Crippen molar-refractivity contribution >= 4 is 17.5 Å². The van der Waals surface area contributed by atoms with Crippen molar-refractivity contribution in [2.24, 2.45) is 5.41 Å². The fourth-order valence-corrected chi connectivity index (χ4v) is 3.97. The number of carbonyl (C=O) groups excluding carboxylic acids is 1. The second-order valence-corrected chi connectivity index (χ2v) is 9.16. The highest BCUT2D eigenvalue weighted by Gasteiger charge is 2.40. The van der Waals surface area contributed by atoms with Crippen LogP contribution < -0.4 is 10.6 Å². The summed E-state index contributed by atoms with van der Waals surface area (Å²) >= 11 is 0. The number of ether oxygens (including phenoxy) is 2. The molecule has 0 bridgehead atoms. The Kier molecular flexibility index (Phi) is 7.53. The number of hydrogen-bond donors (Lipinski definition) is 3. The van der Waals surface area contributed by atoms with Crippen LogP contribution in [0.15, 0.2) is 61.1 Å². The van der Waals surface area contributed by atoms with Crippen LogP contribution in [0.4, 0.5) is 16.0 Å². The topological polar surface area (TPSA) is 151 Å². The number of aromatic nitrogens is 5. The zero-order valence-electron chi connectivity index (χ0n) is 21.0. The van der Waals surface area contributed by atoms with Gasteiger partial charge in [-0.25, -0.2) is 19.3 Å². The van der Waals surface area contributed by atoms with Crippen molar-refractivity contribution in [1.29, 1.82) is 5.26 Å². The number of carbonyl (C=O) groups is 1. The number of H-pyrrole nitrogens is 1. The molecule has 0 aliphatic carbocycles. The van der Waals surface area contributed by atoms with E-state index in [1.165, 1.54) is 12.1 Å². The van der Waals surface area contributed by atoms with Crippen LogP contribution in [0.25, 0.3) is 22.6 Å². The maximum Gasteiger partial charge on any atom is 0.230 e. The number of nitriles is 1. The van der Waals surface area contributed by atoms with Crippen molar-refractivity contribution < 1.29 is 18.7 Å². The summed E-state index contributed by atoms with van der Waals surface area (Å²) < 4.78 is 25.5. The molecule has 1 aliphatic rings. The lowest BCUT2D eigenvalue weighted by atomic mass is 9.91. The number of nitrogens with one attached hydrogen (secondary N) is 3. The SMILES string of the molecule is CC1(C(=O)NCCC#N)COC(c2nc(-c3ccc(F)cc3)c(-c3ccnc(Nc4cccnc4)n3)[nH]2)OC1. The smallest absolute Gasteiger partial charge is 0.230 e. The molecule has 1 aliphatic heterocycles. The molecule has 12 heteroatoms. The molecule has 1 fully saturated rings. The first-order chi connectivity index (χ1) is 18.9. The number of hydrogen-bond acceptors (Lipinski definition) is 9. The molecule has 4 heterocycles. The minimum atomic E-state index is -0.916. The van der Waals surface area contributed by atoms with Gasteiger partial charge in [-0.15, -0.1) is 0 Å². The Labute approximate surface area is 223 Å². The number of anilines is 2. The van der Waals surface area contributed by atoms with Crippen molar-refractivity contribution in [1.82, 2.24) is 30.2 Å². The number of halogens is 1. The van der Waals surface area contributed by atoms with E-state index in [0.717, 1.165) is 5.69 Å². The Hall–Kier alpha value is -4.73. The standard InChI is InChI=1S/C27H25FN8O3/c1-27(25(37)31-12-3-10-29)15-38-24(39-16-27)23-35-21(17-5-7-18(28)8-6-17)22(36-23)20-9-13-32-26(34-20)33-19-4-2-11-30-14-19/h2,4-9,11,13-14,24H,3,12,15-16H2,1H3,(H,31,37)(H,35,36)(H,32,33,34). The lowest BCUT2D eigenvalue weighted by molar-refractivity contribution is -0.231. The zero-order valence-corrected chi connectivity index (χ0v) is 21.0. The van der Waals surface area contributed by atoms with Gasteiger partial charge in [0.15, 0.2) is 5.82 Å². The van der Waals surface area contributed by atoms with Gasteiger partial charge in [-0.1, -0.05) is 0 Å². The molecule has 4 aromatic rings. The third-order valence-corrected chi connectivity index (χ3v) is 6.07. The molecule has 3 N–H and O–H groups in total. The average Bonchev–Trinajstić information content (AvgIpc) is 3.40. The highest BCUT2D eigenvalue weighted by Crippen LogP contribution is 2.35. The van der Waals surface area contributed by atoms with Crippen molar-refractivity contribution in [3.05, 3.63) is 72.7 Å². The molecule has 3 aromatic heterocycles. The molecule has 1 aromatic carbocycles. The molecule has 1 amide bonds. The van der Waals surface area contributed by atoms with Crippen LogP contribution in [0.2, 0.25) is 0 Å². The highest BCUT2D eigenvalue weighted by atomic mass is 19.1. The summed E-state index contributed by atoms with van der Waals surface area (Å²) in [7, 11) is 0. The number of amides is 1. The van der Waals surface area contributed by atoms with Crippen molar-refractivity contribution in [3.8, 4) is 28.7 Å². The van der Waals surface area contributed by atoms with Gasteiger partial charge in [0.05, 0.1) is 60.1 Å². The van der Waals surface area contributed by atoms with Crippen LogP contribution in [0.3, 0.4) is 0 Å². The largest absolute Gasteiger partial charge is 0.354 e. The predicted octanol–water partition coefficient (Wildman–Crippen LogP) is 3.89. The molecule has 198 valence electrons. The Balaban J connectivity index is 1.42. The maximum atomic E-state index is 13.7. The number of aromatic amines is 1. The number of imidazole rings is 1. The normalized spacial score (nSPS) is 18.7. The monoisotopic (exact) mass is 528 g/mol. The van der Waals surface area contributed by atoms with Gasteiger partial charge in [-0.3, -0.25) is 9.78 Å². The molecule has 11 nitrogen and oxygen atoms in total. The van der Waals surface area contributed by atoms with Gasteiger partial charge in [-0.2, -0.15) is 5.26 Å². The van der Waals surface area contributed by atoms with Crippen molar-refractivity contribution in [2.45, 2.75) is 19.6 Å². The molecule has 0 radical (unpaired) electrons. The Morgan fingerprint density at radius 1 is 1.18 bits per heavy atom. The fourth-order valence-electron chi connectivity index (χ4n) is 3.97. The van der Waals surface area contributed by atoms with E-state index >= 15 is 0 Å². The first-order valence-corrected chi connectivity index (χ1v) is 12.2. The van der Waals surface area contributed by atoms with E-state index in [4.69, 9.17) is 19.7 Å². The van der Waals surface area contributed by atoms with Gasteiger partial charge in [0.2, 0.25) is 18.1 Å². The van der Waals surface area contributed by atoms with E-state index in [1.807, 2.05) is 12.1 Å². The second-order valence-electron chi connectivity index (χ2n) is 9.16. The lowest BCUT2D eigenvalue weighted by Gasteiger charge is -2.35. The van der Waals surface area contributed by atoms with E-state index < -0.39 is 11.7 Å².